The van der Waals surface area contributed by atoms with Crippen LogP contribution in [0.2, 0.25) is 0 Å². The zero-order valence-corrected chi connectivity index (χ0v) is 10.2. The molecule has 0 radical (unpaired) electrons. The summed E-state index contributed by atoms with van der Waals surface area (Å²) in [7, 11) is 0. The van der Waals surface area contributed by atoms with Crippen LogP contribution in [0.3, 0.4) is 0 Å². The van der Waals surface area contributed by atoms with Gasteiger partial charge in [0.15, 0.2) is 0 Å². The van der Waals surface area contributed by atoms with Gasteiger partial charge in [0.2, 0.25) is 0 Å². The molecule has 94 valence electrons. The Kier molecular flexibility index (Phi) is 4.39. The monoisotopic (exact) mass is 239 g/mol. The minimum Gasteiger partial charge on any atom is -0.394 e. The number of aryl methyl sites for hydroxylation is 1. The number of nitrogens with one attached hydrogen (secondary N) is 1. The molecular weight excluding hydrogens is 222 g/mol. The molecule has 0 aliphatic rings. The highest BCUT2D eigenvalue weighted by molar-refractivity contribution is 5.45. The van der Waals surface area contributed by atoms with E-state index in [1.54, 1.807) is 13.0 Å². The normalized spacial score (nSPS) is 12.5. The smallest absolute Gasteiger partial charge is 0.290 e. The minimum atomic E-state index is -0.460. The number of hydrogen-bond acceptors (Lipinski definition) is 5. The number of anilines is 1. The van der Waals surface area contributed by atoms with Crippen molar-refractivity contribution in [2.24, 2.45) is 5.92 Å². The zero-order chi connectivity index (χ0) is 13.0. The SMILES string of the molecule is Cc1nc(NC(CO)C(C)C)ccc1[N+](=O)[O-]. The molecule has 0 amide bonds. The van der Waals surface area contributed by atoms with E-state index < -0.39 is 4.92 Å². The Balaban J connectivity index is 2.87. The molecule has 1 unspecified atom stereocenters. The van der Waals surface area contributed by atoms with Gasteiger partial charge < -0.3 is 10.4 Å². The Hall–Kier alpha value is -1.69. The second-order valence-corrected chi connectivity index (χ2v) is 4.24. The largest absolute Gasteiger partial charge is 0.394 e. The fourth-order valence-electron chi connectivity index (χ4n) is 1.44. The van der Waals surface area contributed by atoms with Crippen LogP contribution in [0.15, 0.2) is 12.1 Å². The van der Waals surface area contributed by atoms with Gasteiger partial charge in [-0.15, -0.1) is 0 Å². The summed E-state index contributed by atoms with van der Waals surface area (Å²) < 4.78 is 0. The maximum absolute atomic E-state index is 10.6. The van der Waals surface area contributed by atoms with Crippen molar-refractivity contribution >= 4 is 11.5 Å². The van der Waals surface area contributed by atoms with Crippen LogP contribution >= 0.6 is 0 Å². The Morgan fingerprint density at radius 3 is 2.59 bits per heavy atom. The van der Waals surface area contributed by atoms with Crippen molar-refractivity contribution in [3.8, 4) is 0 Å². The van der Waals surface area contributed by atoms with Crippen LogP contribution in [0.5, 0.6) is 0 Å². The highest BCUT2D eigenvalue weighted by Crippen LogP contribution is 2.19. The van der Waals surface area contributed by atoms with Crippen molar-refractivity contribution in [1.29, 1.82) is 0 Å². The average molecular weight is 239 g/mol. The fourth-order valence-corrected chi connectivity index (χ4v) is 1.44. The number of hydrogen-bond donors (Lipinski definition) is 2. The molecule has 0 fully saturated rings. The third-order valence-electron chi connectivity index (χ3n) is 2.59. The van der Waals surface area contributed by atoms with Crippen molar-refractivity contribution in [2.75, 3.05) is 11.9 Å². The van der Waals surface area contributed by atoms with E-state index in [1.165, 1.54) is 6.07 Å². The Labute approximate surface area is 99.8 Å². The Morgan fingerprint density at radius 2 is 2.18 bits per heavy atom. The van der Waals surface area contributed by atoms with Crippen LogP contribution in [0, 0.1) is 23.0 Å². The van der Waals surface area contributed by atoms with Crippen LogP contribution < -0.4 is 5.32 Å². The van der Waals surface area contributed by atoms with E-state index in [4.69, 9.17) is 0 Å². The predicted molar refractivity (Wildman–Crippen MR) is 65.0 cm³/mol. The third kappa shape index (κ3) is 3.39. The summed E-state index contributed by atoms with van der Waals surface area (Å²) in [6.45, 7) is 5.54. The number of aliphatic hydroxyl groups excluding tert-OH is 1. The van der Waals surface area contributed by atoms with Gasteiger partial charge in [0.1, 0.15) is 11.5 Å². The number of aromatic nitrogens is 1. The molecular formula is C11H17N3O3. The highest BCUT2D eigenvalue weighted by atomic mass is 16.6. The average Bonchev–Trinajstić information content (AvgIpc) is 2.24. The topological polar surface area (TPSA) is 88.3 Å². The second-order valence-electron chi connectivity index (χ2n) is 4.24. The van der Waals surface area contributed by atoms with Crippen molar-refractivity contribution in [2.45, 2.75) is 26.8 Å². The van der Waals surface area contributed by atoms with Gasteiger partial charge >= 0.3 is 0 Å². The Morgan fingerprint density at radius 1 is 1.53 bits per heavy atom. The number of aliphatic hydroxyl groups is 1. The summed E-state index contributed by atoms with van der Waals surface area (Å²) in [6.07, 6.45) is 0. The first-order chi connectivity index (χ1) is 7.95. The lowest BCUT2D eigenvalue weighted by atomic mass is 10.1. The quantitative estimate of drug-likeness (QED) is 0.603. The van der Waals surface area contributed by atoms with Gasteiger partial charge in [-0.05, 0) is 18.9 Å². The Bertz CT molecular complexity index is 407. The van der Waals surface area contributed by atoms with E-state index in [2.05, 4.69) is 10.3 Å². The van der Waals surface area contributed by atoms with Crippen LogP contribution in [0.1, 0.15) is 19.5 Å². The molecule has 0 aromatic carbocycles. The summed E-state index contributed by atoms with van der Waals surface area (Å²) in [5.74, 6) is 0.790. The number of pyridine rings is 1. The van der Waals surface area contributed by atoms with E-state index in [1.807, 2.05) is 13.8 Å². The van der Waals surface area contributed by atoms with Crippen molar-refractivity contribution < 1.29 is 10.0 Å². The van der Waals surface area contributed by atoms with Gasteiger partial charge in [-0.3, -0.25) is 10.1 Å². The standard InChI is InChI=1S/C11H17N3O3/c1-7(2)9(6-15)13-11-5-4-10(14(16)17)8(3)12-11/h4-5,7,9,15H,6H2,1-3H3,(H,12,13). The molecule has 0 bridgehead atoms. The molecule has 1 aromatic rings. The van der Waals surface area contributed by atoms with Gasteiger partial charge in [0, 0.05) is 6.07 Å². The predicted octanol–water partition coefficient (Wildman–Crippen LogP) is 1.73. The maximum Gasteiger partial charge on any atom is 0.290 e. The van der Waals surface area contributed by atoms with E-state index in [9.17, 15) is 15.2 Å². The molecule has 0 spiro atoms. The van der Waals surface area contributed by atoms with E-state index in [0.717, 1.165) is 0 Å². The highest BCUT2D eigenvalue weighted by Gasteiger charge is 2.15. The zero-order valence-electron chi connectivity index (χ0n) is 10.2. The first kappa shape index (κ1) is 13.4. The molecule has 1 heterocycles. The van der Waals surface area contributed by atoms with Crippen molar-refractivity contribution in [3.05, 3.63) is 27.9 Å². The summed E-state index contributed by atoms with van der Waals surface area (Å²) in [4.78, 5) is 14.3. The van der Waals surface area contributed by atoms with E-state index in [-0.39, 0.29) is 24.3 Å². The molecule has 1 atom stereocenters. The molecule has 0 aliphatic carbocycles. The van der Waals surface area contributed by atoms with Crippen molar-refractivity contribution in [3.63, 3.8) is 0 Å². The lowest BCUT2D eigenvalue weighted by molar-refractivity contribution is -0.385. The van der Waals surface area contributed by atoms with E-state index in [0.29, 0.717) is 11.5 Å². The van der Waals surface area contributed by atoms with Crippen LogP contribution in [0.25, 0.3) is 0 Å². The molecule has 6 nitrogen and oxygen atoms in total. The molecule has 1 rings (SSSR count). The van der Waals surface area contributed by atoms with Crippen LogP contribution in [-0.4, -0.2) is 27.7 Å². The first-order valence-corrected chi connectivity index (χ1v) is 5.45. The maximum atomic E-state index is 10.6. The van der Waals surface area contributed by atoms with Crippen LogP contribution in [0.4, 0.5) is 11.5 Å². The number of nitrogens with zero attached hydrogens (tertiary/aromatic N) is 2. The molecule has 6 heteroatoms. The summed E-state index contributed by atoms with van der Waals surface area (Å²) in [6, 6.07) is 2.86. The van der Waals surface area contributed by atoms with Gasteiger partial charge in [0.05, 0.1) is 17.6 Å². The van der Waals surface area contributed by atoms with Crippen molar-refractivity contribution in [1.82, 2.24) is 4.98 Å². The molecule has 0 saturated carbocycles. The minimum absolute atomic E-state index is 0.000598. The summed E-state index contributed by atoms with van der Waals surface area (Å²) >= 11 is 0. The third-order valence-corrected chi connectivity index (χ3v) is 2.59. The molecule has 17 heavy (non-hydrogen) atoms. The lowest BCUT2D eigenvalue weighted by Crippen LogP contribution is -2.29. The molecule has 1 aromatic heterocycles. The van der Waals surface area contributed by atoms with Gasteiger partial charge in [-0.1, -0.05) is 13.8 Å². The van der Waals surface area contributed by atoms with Gasteiger partial charge in [-0.2, -0.15) is 0 Å². The van der Waals surface area contributed by atoms with Gasteiger partial charge in [0.25, 0.3) is 5.69 Å². The fraction of sp³-hybridized carbons (Fsp3) is 0.545. The number of nitro groups is 1. The molecule has 0 aliphatic heterocycles. The van der Waals surface area contributed by atoms with Gasteiger partial charge in [-0.25, -0.2) is 4.98 Å². The second kappa shape index (κ2) is 5.58. The molecule has 2 N–H and O–H groups in total. The first-order valence-electron chi connectivity index (χ1n) is 5.45. The van der Waals surface area contributed by atoms with E-state index >= 15 is 0 Å². The van der Waals surface area contributed by atoms with Crippen LogP contribution in [-0.2, 0) is 0 Å². The summed E-state index contributed by atoms with van der Waals surface area (Å²) in [5, 5.41) is 22.8. The molecule has 0 saturated heterocycles. The lowest BCUT2D eigenvalue weighted by Gasteiger charge is -2.20. The number of rotatable bonds is 5. The summed E-state index contributed by atoms with van der Waals surface area (Å²) in [5.41, 5.74) is 0.362.